The van der Waals surface area contributed by atoms with Gasteiger partial charge in [0.15, 0.2) is 0 Å². The Morgan fingerprint density at radius 3 is 2.44 bits per heavy atom. The maximum Gasteiger partial charge on any atom is 0.246 e. The summed E-state index contributed by atoms with van der Waals surface area (Å²) in [4.78, 5) is 17.1. The third-order valence-corrected chi connectivity index (χ3v) is 8.08. The van der Waals surface area contributed by atoms with Crippen LogP contribution < -0.4 is 9.64 Å². The Morgan fingerprint density at radius 2 is 1.75 bits per heavy atom. The molecule has 2 fully saturated rings. The van der Waals surface area contributed by atoms with Crippen molar-refractivity contribution in [2.75, 3.05) is 51.3 Å². The first-order valence-corrected chi connectivity index (χ1v) is 12.3. The van der Waals surface area contributed by atoms with Crippen LogP contribution >= 0.6 is 0 Å². The van der Waals surface area contributed by atoms with Gasteiger partial charge in [0.1, 0.15) is 16.5 Å². The van der Waals surface area contributed by atoms with Gasteiger partial charge < -0.3 is 14.5 Å². The van der Waals surface area contributed by atoms with Crippen molar-refractivity contribution in [1.29, 1.82) is 0 Å². The maximum atomic E-state index is 13.8. The molecule has 0 aliphatic carbocycles. The summed E-state index contributed by atoms with van der Waals surface area (Å²) in [5.41, 5.74) is 1.14. The molecular formula is C23H28FN3O4S. The third-order valence-electron chi connectivity index (χ3n) is 6.19. The van der Waals surface area contributed by atoms with Crippen molar-refractivity contribution in [1.82, 2.24) is 9.21 Å². The molecule has 172 valence electrons. The topological polar surface area (TPSA) is 70.2 Å². The molecule has 4 rings (SSSR count). The van der Waals surface area contributed by atoms with Crippen LogP contribution in [0.4, 0.5) is 10.1 Å². The molecule has 0 aromatic heterocycles. The Labute approximate surface area is 188 Å². The summed E-state index contributed by atoms with van der Waals surface area (Å²) in [5, 5.41) is 0. The molecule has 0 bridgehead atoms. The van der Waals surface area contributed by atoms with E-state index in [4.69, 9.17) is 4.74 Å². The van der Waals surface area contributed by atoms with E-state index in [1.54, 1.807) is 0 Å². The second-order valence-electron chi connectivity index (χ2n) is 8.15. The zero-order valence-corrected chi connectivity index (χ0v) is 18.9. The molecule has 2 saturated heterocycles. The third kappa shape index (κ3) is 4.59. The molecular weight excluding hydrogens is 433 g/mol. The van der Waals surface area contributed by atoms with Gasteiger partial charge in [-0.25, -0.2) is 12.8 Å². The van der Waals surface area contributed by atoms with Crippen molar-refractivity contribution in [3.8, 4) is 5.75 Å². The number of halogens is 1. The van der Waals surface area contributed by atoms with E-state index in [0.717, 1.165) is 30.9 Å². The van der Waals surface area contributed by atoms with Crippen LogP contribution in [0.25, 0.3) is 0 Å². The minimum absolute atomic E-state index is 0.0104. The fourth-order valence-electron chi connectivity index (χ4n) is 4.44. The summed E-state index contributed by atoms with van der Waals surface area (Å²) in [6.07, 6.45) is 1.22. The highest BCUT2D eigenvalue weighted by atomic mass is 32.2. The molecule has 2 aromatic carbocycles. The lowest BCUT2D eigenvalue weighted by Gasteiger charge is -2.39. The van der Waals surface area contributed by atoms with Gasteiger partial charge in [0.05, 0.1) is 13.0 Å². The first kappa shape index (κ1) is 22.5. The average Bonchev–Trinajstić information content (AvgIpc) is 2.84. The van der Waals surface area contributed by atoms with E-state index in [0.29, 0.717) is 32.5 Å². The fraction of sp³-hybridized carbons (Fsp3) is 0.435. The van der Waals surface area contributed by atoms with Crippen LogP contribution in [0, 0.1) is 11.7 Å². The Balaban J connectivity index is 1.43. The van der Waals surface area contributed by atoms with Gasteiger partial charge in [0, 0.05) is 45.0 Å². The Bertz CT molecular complexity index is 1060. The number of piperazine rings is 1. The average molecular weight is 462 g/mol. The van der Waals surface area contributed by atoms with Gasteiger partial charge in [-0.1, -0.05) is 18.2 Å². The van der Waals surface area contributed by atoms with Crippen LogP contribution in [0.1, 0.15) is 12.8 Å². The van der Waals surface area contributed by atoms with E-state index in [1.807, 2.05) is 23.1 Å². The number of carbonyl (C=O) groups is 1. The van der Waals surface area contributed by atoms with Crippen molar-refractivity contribution < 1.29 is 22.3 Å². The number of sulfonamides is 1. The molecule has 2 aliphatic heterocycles. The maximum absolute atomic E-state index is 13.8. The lowest BCUT2D eigenvalue weighted by atomic mass is 9.97. The molecule has 1 unspecified atom stereocenters. The normalized spacial score (nSPS) is 20.2. The van der Waals surface area contributed by atoms with Crippen LogP contribution in [-0.2, 0) is 14.8 Å². The molecule has 32 heavy (non-hydrogen) atoms. The van der Waals surface area contributed by atoms with Gasteiger partial charge in [-0.15, -0.1) is 0 Å². The van der Waals surface area contributed by atoms with Crippen LogP contribution in [0.5, 0.6) is 5.75 Å². The second kappa shape index (κ2) is 9.46. The quantitative estimate of drug-likeness (QED) is 0.685. The van der Waals surface area contributed by atoms with E-state index < -0.39 is 21.8 Å². The number of anilines is 1. The summed E-state index contributed by atoms with van der Waals surface area (Å²) in [6.45, 7) is 3.09. The molecule has 0 spiro atoms. The number of rotatable bonds is 5. The van der Waals surface area contributed by atoms with Gasteiger partial charge in [0.2, 0.25) is 15.9 Å². The first-order valence-electron chi connectivity index (χ1n) is 10.8. The number of ether oxygens (including phenoxy) is 1. The molecule has 1 atom stereocenters. The number of piperidine rings is 1. The highest BCUT2D eigenvalue weighted by Gasteiger charge is 2.37. The number of hydrogen-bond donors (Lipinski definition) is 0. The van der Waals surface area contributed by atoms with Gasteiger partial charge in [0.25, 0.3) is 0 Å². The van der Waals surface area contributed by atoms with Gasteiger partial charge in [-0.3, -0.25) is 4.79 Å². The van der Waals surface area contributed by atoms with Crippen LogP contribution in [0.2, 0.25) is 0 Å². The first-order chi connectivity index (χ1) is 15.4. The number of para-hydroxylation sites is 1. The van der Waals surface area contributed by atoms with Crippen LogP contribution in [-0.4, -0.2) is 69.9 Å². The molecule has 0 N–H and O–H groups in total. The number of carbonyl (C=O) groups excluding carboxylic acids is 1. The van der Waals surface area contributed by atoms with Crippen LogP contribution in [0.15, 0.2) is 53.4 Å². The number of methoxy groups -OCH3 is 1. The SMILES string of the molecule is COc1ccc(F)cc1S(=O)(=O)N1CCCC(C(=O)N2CCN(c3ccccc3)CC2)C1. The predicted molar refractivity (Wildman–Crippen MR) is 120 cm³/mol. The molecule has 2 heterocycles. The van der Waals surface area contributed by atoms with E-state index in [-0.39, 0.29) is 23.1 Å². The van der Waals surface area contributed by atoms with Crippen molar-refractivity contribution in [3.05, 3.63) is 54.3 Å². The standard InChI is InChI=1S/C23H28FN3O4S/c1-31-21-10-9-19(24)16-22(21)32(29,30)27-11-5-6-18(17-27)23(28)26-14-12-25(13-15-26)20-7-3-2-4-8-20/h2-4,7-10,16,18H,5-6,11-15,17H2,1H3. The van der Waals surface area contributed by atoms with E-state index in [2.05, 4.69) is 17.0 Å². The van der Waals surface area contributed by atoms with Gasteiger partial charge in [-0.05, 0) is 43.2 Å². The minimum atomic E-state index is -3.98. The summed E-state index contributed by atoms with van der Waals surface area (Å²) in [5.74, 6) is -0.965. The Kier molecular flexibility index (Phi) is 6.66. The minimum Gasteiger partial charge on any atom is -0.495 e. The summed E-state index contributed by atoms with van der Waals surface area (Å²) in [7, 11) is -2.63. The molecule has 2 aliphatic rings. The number of hydrogen-bond acceptors (Lipinski definition) is 5. The fourth-order valence-corrected chi connectivity index (χ4v) is 6.13. The smallest absolute Gasteiger partial charge is 0.246 e. The van der Waals surface area contributed by atoms with Gasteiger partial charge in [-0.2, -0.15) is 4.31 Å². The second-order valence-corrected chi connectivity index (χ2v) is 10.1. The van der Waals surface area contributed by atoms with E-state index >= 15 is 0 Å². The highest BCUT2D eigenvalue weighted by Crippen LogP contribution is 2.31. The van der Waals surface area contributed by atoms with Crippen molar-refractivity contribution in [3.63, 3.8) is 0 Å². The van der Waals surface area contributed by atoms with Crippen molar-refractivity contribution >= 4 is 21.6 Å². The number of nitrogens with zero attached hydrogens (tertiary/aromatic N) is 3. The highest BCUT2D eigenvalue weighted by molar-refractivity contribution is 7.89. The molecule has 1 amide bonds. The van der Waals surface area contributed by atoms with Crippen molar-refractivity contribution in [2.45, 2.75) is 17.7 Å². The molecule has 7 nitrogen and oxygen atoms in total. The zero-order chi connectivity index (χ0) is 22.7. The Hall–Kier alpha value is -2.65. The van der Waals surface area contributed by atoms with Gasteiger partial charge >= 0.3 is 0 Å². The molecule has 0 saturated carbocycles. The summed E-state index contributed by atoms with van der Waals surface area (Å²) >= 11 is 0. The zero-order valence-electron chi connectivity index (χ0n) is 18.1. The van der Waals surface area contributed by atoms with E-state index in [9.17, 15) is 17.6 Å². The summed E-state index contributed by atoms with van der Waals surface area (Å²) in [6, 6.07) is 13.5. The van der Waals surface area contributed by atoms with E-state index in [1.165, 1.54) is 17.5 Å². The summed E-state index contributed by atoms with van der Waals surface area (Å²) < 4.78 is 46.6. The van der Waals surface area contributed by atoms with Crippen molar-refractivity contribution in [2.24, 2.45) is 5.92 Å². The monoisotopic (exact) mass is 461 g/mol. The number of amides is 1. The molecule has 9 heteroatoms. The Morgan fingerprint density at radius 1 is 1.03 bits per heavy atom. The lowest BCUT2D eigenvalue weighted by molar-refractivity contribution is -0.137. The number of benzene rings is 2. The van der Waals surface area contributed by atoms with Crippen LogP contribution in [0.3, 0.4) is 0 Å². The predicted octanol–water partition coefficient (Wildman–Crippen LogP) is 2.58. The molecule has 0 radical (unpaired) electrons. The largest absolute Gasteiger partial charge is 0.495 e. The molecule has 2 aromatic rings. The lowest BCUT2D eigenvalue weighted by Crippen LogP contribution is -2.53.